The smallest absolute Gasteiger partial charge is 0.268 e. The maximum atomic E-state index is 12.4. The number of aliphatic hydroxyl groups is 1. The highest BCUT2D eigenvalue weighted by Crippen LogP contribution is 2.13. The highest BCUT2D eigenvalue weighted by Gasteiger charge is 2.16. The van der Waals surface area contributed by atoms with Gasteiger partial charge in [0.25, 0.3) is 11.8 Å². The molecule has 7 heteroatoms. The van der Waals surface area contributed by atoms with Crippen molar-refractivity contribution in [2.75, 3.05) is 13.2 Å². The zero-order valence-electron chi connectivity index (χ0n) is 12.1. The predicted octanol–water partition coefficient (Wildman–Crippen LogP) is 1.76. The third kappa shape index (κ3) is 4.93. The Morgan fingerprint density at radius 3 is 2.65 bits per heavy atom. The average Bonchev–Trinajstić information content (AvgIpc) is 3.05. The molecule has 0 fully saturated rings. The summed E-state index contributed by atoms with van der Waals surface area (Å²) < 4.78 is 5.94. The molecule has 120 valence electrons. The van der Waals surface area contributed by atoms with Crippen LogP contribution in [0, 0.1) is 3.57 Å². The summed E-state index contributed by atoms with van der Waals surface area (Å²) >= 11 is 2.05. The van der Waals surface area contributed by atoms with E-state index in [4.69, 9.17) is 9.52 Å². The molecule has 0 aliphatic carbocycles. The summed E-state index contributed by atoms with van der Waals surface area (Å²) in [6.45, 7) is -0.0998. The van der Waals surface area contributed by atoms with Crippen molar-refractivity contribution in [3.05, 3.63) is 63.3 Å². The van der Waals surface area contributed by atoms with Crippen molar-refractivity contribution in [1.82, 2.24) is 10.6 Å². The van der Waals surface area contributed by atoms with Crippen LogP contribution in [0.5, 0.6) is 0 Å². The summed E-state index contributed by atoms with van der Waals surface area (Å²) in [6.07, 6.45) is 2.90. The number of hydrogen-bond acceptors (Lipinski definition) is 4. The third-order valence-corrected chi connectivity index (χ3v) is 3.78. The van der Waals surface area contributed by atoms with Gasteiger partial charge < -0.3 is 20.2 Å². The zero-order valence-corrected chi connectivity index (χ0v) is 14.2. The number of rotatable bonds is 6. The van der Waals surface area contributed by atoms with E-state index in [1.165, 1.54) is 12.3 Å². The van der Waals surface area contributed by atoms with Crippen molar-refractivity contribution in [3.8, 4) is 0 Å². The van der Waals surface area contributed by atoms with E-state index in [-0.39, 0.29) is 18.8 Å². The average molecular weight is 426 g/mol. The number of carbonyl (C=O) groups is 2. The van der Waals surface area contributed by atoms with Crippen LogP contribution in [0.4, 0.5) is 0 Å². The minimum atomic E-state index is -0.505. The number of aliphatic hydroxyl groups excluding tert-OH is 1. The Balaban J connectivity index is 2.22. The van der Waals surface area contributed by atoms with Crippen molar-refractivity contribution in [3.63, 3.8) is 0 Å². The van der Waals surface area contributed by atoms with E-state index in [9.17, 15) is 9.59 Å². The summed E-state index contributed by atoms with van der Waals surface area (Å²) in [4.78, 5) is 24.5. The van der Waals surface area contributed by atoms with Gasteiger partial charge in [0.1, 0.15) is 11.5 Å². The molecule has 6 nitrogen and oxygen atoms in total. The monoisotopic (exact) mass is 426 g/mol. The number of nitrogens with one attached hydrogen (secondary N) is 2. The fourth-order valence-electron chi connectivity index (χ4n) is 1.77. The standard InChI is InChI=1S/C16H15IN2O4/c17-13-6-2-1-5-12(13)15(21)19-14(16(22)18-7-8-20)10-11-4-3-9-23-11/h1-6,9-10,20H,7-8H2,(H,18,22)(H,19,21). The van der Waals surface area contributed by atoms with Gasteiger partial charge in [0.15, 0.2) is 0 Å². The van der Waals surface area contributed by atoms with Gasteiger partial charge in [-0.3, -0.25) is 9.59 Å². The summed E-state index contributed by atoms with van der Waals surface area (Å²) in [5.74, 6) is -0.469. The van der Waals surface area contributed by atoms with E-state index < -0.39 is 11.8 Å². The molecule has 1 aromatic carbocycles. The normalized spacial score (nSPS) is 11.1. The van der Waals surface area contributed by atoms with Gasteiger partial charge in [0.2, 0.25) is 0 Å². The van der Waals surface area contributed by atoms with Gasteiger partial charge in [-0.15, -0.1) is 0 Å². The fourth-order valence-corrected chi connectivity index (χ4v) is 2.41. The number of halogens is 1. The minimum Gasteiger partial charge on any atom is -0.465 e. The van der Waals surface area contributed by atoms with Crippen molar-refractivity contribution in [2.24, 2.45) is 0 Å². The van der Waals surface area contributed by atoms with Crippen molar-refractivity contribution in [1.29, 1.82) is 0 Å². The molecule has 2 aromatic rings. The van der Waals surface area contributed by atoms with Crippen LogP contribution in [-0.2, 0) is 4.79 Å². The van der Waals surface area contributed by atoms with E-state index in [0.717, 1.165) is 3.57 Å². The van der Waals surface area contributed by atoms with Crippen LogP contribution in [0.3, 0.4) is 0 Å². The van der Waals surface area contributed by atoms with Crippen LogP contribution in [0.15, 0.2) is 52.8 Å². The molecule has 3 N–H and O–H groups in total. The molecule has 0 bridgehead atoms. The topological polar surface area (TPSA) is 91.6 Å². The molecular formula is C16H15IN2O4. The van der Waals surface area contributed by atoms with Crippen LogP contribution in [0.1, 0.15) is 16.1 Å². The molecule has 2 rings (SSSR count). The molecule has 1 heterocycles. The zero-order chi connectivity index (χ0) is 16.7. The Hall–Kier alpha value is -2.13. The Morgan fingerprint density at radius 1 is 1.22 bits per heavy atom. The lowest BCUT2D eigenvalue weighted by molar-refractivity contribution is -0.117. The Kier molecular flexibility index (Phi) is 6.36. The molecule has 0 unspecified atom stereocenters. The molecule has 0 saturated heterocycles. The lowest BCUT2D eigenvalue weighted by atomic mass is 10.2. The number of hydrogen-bond donors (Lipinski definition) is 3. The highest BCUT2D eigenvalue weighted by molar-refractivity contribution is 14.1. The summed E-state index contributed by atoms with van der Waals surface area (Å²) in [6, 6.07) is 10.4. The lowest BCUT2D eigenvalue weighted by Gasteiger charge is -2.10. The van der Waals surface area contributed by atoms with Crippen LogP contribution in [-0.4, -0.2) is 30.1 Å². The minimum absolute atomic E-state index is 0.0399. The summed E-state index contributed by atoms with van der Waals surface area (Å²) in [5.41, 5.74) is 0.506. The first-order chi connectivity index (χ1) is 11.1. The van der Waals surface area contributed by atoms with Gasteiger partial charge in [-0.1, -0.05) is 12.1 Å². The molecule has 0 aliphatic rings. The SMILES string of the molecule is O=C(NCCO)C(=Cc1ccco1)NC(=O)c1ccccc1I. The molecule has 0 atom stereocenters. The fraction of sp³-hybridized carbons (Fsp3) is 0.125. The Labute approximate surface area is 146 Å². The second-order valence-electron chi connectivity index (χ2n) is 4.49. The van der Waals surface area contributed by atoms with Crippen molar-refractivity contribution >= 4 is 40.5 Å². The second-order valence-corrected chi connectivity index (χ2v) is 5.65. The van der Waals surface area contributed by atoms with Gasteiger partial charge in [-0.25, -0.2) is 0 Å². The number of amides is 2. The maximum Gasteiger partial charge on any atom is 0.268 e. The van der Waals surface area contributed by atoms with Crippen molar-refractivity contribution < 1.29 is 19.1 Å². The van der Waals surface area contributed by atoms with Gasteiger partial charge in [-0.2, -0.15) is 0 Å². The number of carbonyl (C=O) groups excluding carboxylic acids is 2. The summed E-state index contributed by atoms with van der Waals surface area (Å²) in [7, 11) is 0. The van der Waals surface area contributed by atoms with Crippen LogP contribution in [0.25, 0.3) is 6.08 Å². The molecular weight excluding hydrogens is 411 g/mol. The van der Waals surface area contributed by atoms with Gasteiger partial charge >= 0.3 is 0 Å². The molecule has 23 heavy (non-hydrogen) atoms. The van der Waals surface area contributed by atoms with E-state index in [1.807, 2.05) is 6.07 Å². The van der Waals surface area contributed by atoms with E-state index in [1.54, 1.807) is 30.3 Å². The first-order valence-electron chi connectivity index (χ1n) is 6.82. The third-order valence-electron chi connectivity index (χ3n) is 2.84. The molecule has 1 aromatic heterocycles. The molecule has 2 amide bonds. The highest BCUT2D eigenvalue weighted by atomic mass is 127. The van der Waals surface area contributed by atoms with E-state index in [0.29, 0.717) is 11.3 Å². The maximum absolute atomic E-state index is 12.4. The molecule has 0 radical (unpaired) electrons. The molecule has 0 spiro atoms. The van der Waals surface area contributed by atoms with Gasteiger partial charge in [0.05, 0.1) is 18.4 Å². The van der Waals surface area contributed by atoms with Crippen LogP contribution in [0.2, 0.25) is 0 Å². The molecule has 0 saturated carbocycles. The summed E-state index contributed by atoms with van der Waals surface area (Å²) in [5, 5.41) is 13.9. The Bertz CT molecular complexity index is 711. The lowest BCUT2D eigenvalue weighted by Crippen LogP contribution is -2.36. The Morgan fingerprint density at radius 2 is 2.00 bits per heavy atom. The first kappa shape index (κ1) is 17.2. The molecule has 0 aliphatic heterocycles. The van der Waals surface area contributed by atoms with Crippen LogP contribution >= 0.6 is 22.6 Å². The predicted molar refractivity (Wildman–Crippen MR) is 93.4 cm³/mol. The van der Waals surface area contributed by atoms with Gasteiger partial charge in [0, 0.05) is 16.2 Å². The van der Waals surface area contributed by atoms with Gasteiger partial charge in [-0.05, 0) is 46.9 Å². The van der Waals surface area contributed by atoms with Crippen molar-refractivity contribution in [2.45, 2.75) is 0 Å². The number of furan rings is 1. The van der Waals surface area contributed by atoms with Crippen LogP contribution < -0.4 is 10.6 Å². The quantitative estimate of drug-likeness (QED) is 0.485. The number of benzene rings is 1. The largest absolute Gasteiger partial charge is 0.465 e. The van der Waals surface area contributed by atoms with E-state index in [2.05, 4.69) is 33.2 Å². The first-order valence-corrected chi connectivity index (χ1v) is 7.90. The second kappa shape index (κ2) is 8.49. The van der Waals surface area contributed by atoms with E-state index >= 15 is 0 Å².